The second-order valence-electron chi connectivity index (χ2n) is 11.2. The molecule has 0 saturated carbocycles. The Kier molecular flexibility index (Phi) is 7.32. The molecule has 0 aromatic heterocycles. The summed E-state index contributed by atoms with van der Waals surface area (Å²) in [4.78, 5) is 14.9. The minimum absolute atomic E-state index is 0.0313. The van der Waals surface area contributed by atoms with Gasteiger partial charge >= 0.3 is 0 Å². The fourth-order valence-electron chi connectivity index (χ4n) is 6.41. The number of aliphatic hydroxyl groups excluding tert-OH is 3. The summed E-state index contributed by atoms with van der Waals surface area (Å²) >= 11 is 0. The van der Waals surface area contributed by atoms with Gasteiger partial charge in [0, 0.05) is 30.2 Å². The van der Waals surface area contributed by atoms with Crippen LogP contribution in [-0.2, 0) is 14.3 Å². The summed E-state index contributed by atoms with van der Waals surface area (Å²) in [7, 11) is 0. The number of fused-ring (bicyclic) bond motifs is 4. The molecule has 2 aliphatic carbocycles. The SMILES string of the molecule is C[C@H]1CN2C(=O)[C@H]3/C=C\C=C/[C@H]4[C@@H](C=C[C@H](O[C@@H]5OC[C@@H](O)[C@H](O)[C@H]5N)[C@]4(C)O)/C=C\C=C/[C@H]3[C@@H]2[C@@H]1O. The number of amides is 1. The zero-order chi connectivity index (χ0) is 26.5. The normalized spacial score (nSPS) is 52.8. The van der Waals surface area contributed by atoms with Crippen LogP contribution in [0, 0.1) is 29.6 Å². The lowest BCUT2D eigenvalue weighted by molar-refractivity contribution is -0.260. The summed E-state index contributed by atoms with van der Waals surface area (Å²) in [6.07, 6.45) is 14.5. The average molecular weight is 515 g/mol. The van der Waals surface area contributed by atoms with Crippen molar-refractivity contribution in [2.24, 2.45) is 35.3 Å². The molecule has 1 amide bonds. The van der Waals surface area contributed by atoms with E-state index in [1.807, 2.05) is 66.5 Å². The van der Waals surface area contributed by atoms with Gasteiger partial charge < -0.3 is 40.5 Å². The Hall–Kier alpha value is -2.11. The van der Waals surface area contributed by atoms with Crippen molar-refractivity contribution in [1.29, 1.82) is 0 Å². The van der Waals surface area contributed by atoms with Crippen molar-refractivity contribution in [2.45, 2.75) is 62.2 Å². The van der Waals surface area contributed by atoms with E-state index in [9.17, 15) is 25.2 Å². The first-order valence-electron chi connectivity index (χ1n) is 13.1. The number of rotatable bonds is 2. The highest BCUT2D eigenvalue weighted by Crippen LogP contribution is 2.42. The van der Waals surface area contributed by atoms with Crippen LogP contribution in [0.25, 0.3) is 0 Å². The van der Waals surface area contributed by atoms with Crippen LogP contribution in [-0.4, -0.2) is 92.8 Å². The molecule has 202 valence electrons. The minimum Gasteiger partial charge on any atom is -0.391 e. The minimum atomic E-state index is -1.35. The van der Waals surface area contributed by atoms with Crippen LogP contribution in [0.5, 0.6) is 0 Å². The molecule has 3 aliphatic heterocycles. The average Bonchev–Trinajstić information content (AvgIpc) is 3.28. The van der Waals surface area contributed by atoms with Crippen LogP contribution >= 0.6 is 0 Å². The first-order chi connectivity index (χ1) is 17.6. The van der Waals surface area contributed by atoms with Crippen LogP contribution in [0.4, 0.5) is 0 Å². The van der Waals surface area contributed by atoms with E-state index in [4.69, 9.17) is 15.2 Å². The summed E-state index contributed by atoms with van der Waals surface area (Å²) in [6.45, 7) is 4.12. The maximum Gasteiger partial charge on any atom is 0.230 e. The molecule has 5 aliphatic rings. The molecule has 3 fully saturated rings. The van der Waals surface area contributed by atoms with Crippen LogP contribution in [0.3, 0.4) is 0 Å². The number of nitrogens with zero attached hydrogens (tertiary/aromatic N) is 1. The summed E-state index contributed by atoms with van der Waals surface area (Å²) in [5.41, 5.74) is 4.67. The number of carbonyl (C=O) groups excluding carboxylic acids is 1. The number of carbonyl (C=O) groups is 1. The predicted molar refractivity (Wildman–Crippen MR) is 136 cm³/mol. The maximum atomic E-state index is 13.1. The maximum absolute atomic E-state index is 13.1. The Balaban J connectivity index is 1.38. The predicted octanol–water partition coefficient (Wildman–Crippen LogP) is 0.0224. The molecular formula is C28H38N2O7. The lowest BCUT2D eigenvalue weighted by Gasteiger charge is -2.45. The highest BCUT2D eigenvalue weighted by atomic mass is 16.7. The largest absolute Gasteiger partial charge is 0.391 e. The van der Waals surface area contributed by atoms with E-state index in [0.29, 0.717) is 6.54 Å². The Labute approximate surface area is 217 Å². The monoisotopic (exact) mass is 514 g/mol. The first kappa shape index (κ1) is 26.5. The van der Waals surface area contributed by atoms with Crippen molar-refractivity contribution < 1.29 is 34.7 Å². The Morgan fingerprint density at radius 1 is 1.03 bits per heavy atom. The molecule has 3 heterocycles. The molecule has 37 heavy (non-hydrogen) atoms. The van der Waals surface area contributed by atoms with Gasteiger partial charge in [0.1, 0.15) is 18.3 Å². The third kappa shape index (κ3) is 4.67. The molecule has 0 spiro atoms. The number of aliphatic hydroxyl groups is 4. The fraction of sp³-hybridized carbons (Fsp3) is 0.607. The van der Waals surface area contributed by atoms with Gasteiger partial charge in [0.2, 0.25) is 5.91 Å². The van der Waals surface area contributed by atoms with Crippen molar-refractivity contribution in [2.75, 3.05) is 13.2 Å². The van der Waals surface area contributed by atoms with Gasteiger partial charge in [-0.1, -0.05) is 67.7 Å². The molecule has 3 saturated heterocycles. The second kappa shape index (κ2) is 10.2. The summed E-state index contributed by atoms with van der Waals surface area (Å²) in [5.74, 6) is -0.890. The van der Waals surface area contributed by atoms with Crippen LogP contribution in [0.15, 0.2) is 60.8 Å². The molecule has 0 unspecified atom stereocenters. The molecule has 13 atom stereocenters. The standard InChI is InChI=1S/C28H38N2O7/c1-15-13-30-23(24(15)32)17-8-4-3-7-16-11-12-21(37-27-22(29)25(33)20(31)14-36-27)28(2,35)19(16)10-6-5-9-18(17)26(30)34/h3-12,15-25,27,31-33,35H,13-14,29H2,1-2H3/b7-3-,8-4-,9-5-,10-6-/t15-,16+,17+,18-,19-,20+,21-,22+,23+,24+,25-,27-,28+/m0/s1. The lowest BCUT2D eigenvalue weighted by atomic mass is 9.71. The van der Waals surface area contributed by atoms with Crippen molar-refractivity contribution in [3.8, 4) is 0 Å². The molecule has 0 aromatic carbocycles. The molecule has 9 nitrogen and oxygen atoms in total. The van der Waals surface area contributed by atoms with Crippen molar-refractivity contribution >= 4 is 5.91 Å². The van der Waals surface area contributed by atoms with Gasteiger partial charge in [-0.2, -0.15) is 0 Å². The van der Waals surface area contributed by atoms with E-state index in [-0.39, 0.29) is 48.1 Å². The smallest absolute Gasteiger partial charge is 0.230 e. The molecule has 0 radical (unpaired) electrons. The fourth-order valence-corrected chi connectivity index (χ4v) is 6.41. The van der Waals surface area contributed by atoms with E-state index in [0.717, 1.165) is 0 Å². The third-order valence-electron chi connectivity index (χ3n) is 8.67. The molecule has 0 bridgehead atoms. The Morgan fingerprint density at radius 3 is 2.51 bits per heavy atom. The number of nitrogens with two attached hydrogens (primary N) is 1. The van der Waals surface area contributed by atoms with Crippen molar-refractivity contribution in [3.05, 3.63) is 60.8 Å². The quantitative estimate of drug-likeness (QED) is 0.324. The van der Waals surface area contributed by atoms with E-state index < -0.39 is 42.3 Å². The first-order valence-corrected chi connectivity index (χ1v) is 13.1. The molecule has 5 rings (SSSR count). The molecule has 6 N–H and O–H groups in total. The third-order valence-corrected chi connectivity index (χ3v) is 8.67. The summed E-state index contributed by atoms with van der Waals surface area (Å²) in [6, 6.07) is -1.18. The summed E-state index contributed by atoms with van der Waals surface area (Å²) < 4.78 is 11.5. The highest BCUT2D eigenvalue weighted by Gasteiger charge is 2.54. The molecular weight excluding hydrogens is 476 g/mol. The van der Waals surface area contributed by atoms with E-state index in [2.05, 4.69) is 0 Å². The van der Waals surface area contributed by atoms with Gasteiger partial charge in [-0.05, 0) is 6.92 Å². The Bertz CT molecular complexity index is 1020. The summed E-state index contributed by atoms with van der Waals surface area (Å²) in [5, 5.41) is 42.3. The van der Waals surface area contributed by atoms with E-state index in [1.54, 1.807) is 13.0 Å². The number of ether oxygens (including phenoxy) is 2. The number of hydrogen-bond donors (Lipinski definition) is 5. The topological polar surface area (TPSA) is 146 Å². The van der Waals surface area contributed by atoms with Gasteiger partial charge in [-0.25, -0.2) is 0 Å². The van der Waals surface area contributed by atoms with Gasteiger partial charge in [-0.15, -0.1) is 0 Å². The van der Waals surface area contributed by atoms with Gasteiger partial charge in [-0.3, -0.25) is 4.79 Å². The lowest BCUT2D eigenvalue weighted by Crippen LogP contribution is -2.61. The molecule has 0 aromatic rings. The van der Waals surface area contributed by atoms with Crippen molar-refractivity contribution in [3.63, 3.8) is 0 Å². The van der Waals surface area contributed by atoms with Gasteiger partial charge in [0.25, 0.3) is 0 Å². The Morgan fingerprint density at radius 2 is 1.73 bits per heavy atom. The van der Waals surface area contributed by atoms with Crippen LogP contribution in [0.1, 0.15) is 13.8 Å². The zero-order valence-electron chi connectivity index (χ0n) is 21.2. The van der Waals surface area contributed by atoms with E-state index in [1.165, 1.54) is 0 Å². The van der Waals surface area contributed by atoms with Crippen molar-refractivity contribution in [1.82, 2.24) is 4.90 Å². The van der Waals surface area contributed by atoms with Crippen LogP contribution < -0.4 is 5.73 Å². The van der Waals surface area contributed by atoms with Gasteiger partial charge in [0.05, 0.1) is 36.3 Å². The number of hydrogen-bond acceptors (Lipinski definition) is 8. The van der Waals surface area contributed by atoms with Gasteiger partial charge in [0.15, 0.2) is 6.29 Å². The zero-order valence-corrected chi connectivity index (χ0v) is 21.2. The molecule has 9 heteroatoms. The number of allylic oxidation sites excluding steroid dienone is 6. The van der Waals surface area contributed by atoms with E-state index >= 15 is 0 Å². The second-order valence-corrected chi connectivity index (χ2v) is 11.2. The highest BCUT2D eigenvalue weighted by molar-refractivity contribution is 5.85. The van der Waals surface area contributed by atoms with Crippen LogP contribution in [0.2, 0.25) is 0 Å².